The molecule has 1 N–H and O–H groups in total. The number of carbonyl (C=O) groups is 1. The highest BCUT2D eigenvalue weighted by Gasteiger charge is 2.13. The SMILES string of the molecule is COc1c(Cl)cc(C(=O)NCCc2ccccc2C)cc1Cl. The lowest BCUT2D eigenvalue weighted by Crippen LogP contribution is -2.25. The Morgan fingerprint density at radius 2 is 1.82 bits per heavy atom. The van der Waals surface area contributed by atoms with E-state index in [-0.39, 0.29) is 5.91 Å². The van der Waals surface area contributed by atoms with Crippen LogP contribution in [0.4, 0.5) is 0 Å². The molecular formula is C17H17Cl2NO2. The number of nitrogens with one attached hydrogen (secondary N) is 1. The van der Waals surface area contributed by atoms with Crippen molar-refractivity contribution < 1.29 is 9.53 Å². The van der Waals surface area contributed by atoms with Crippen LogP contribution >= 0.6 is 23.2 Å². The lowest BCUT2D eigenvalue weighted by molar-refractivity contribution is 0.0954. The molecule has 2 rings (SSSR count). The first-order chi connectivity index (χ1) is 10.5. The van der Waals surface area contributed by atoms with Crippen molar-refractivity contribution in [3.63, 3.8) is 0 Å². The van der Waals surface area contributed by atoms with Crippen LogP contribution in [0.2, 0.25) is 10.0 Å². The van der Waals surface area contributed by atoms with Gasteiger partial charge in [-0.3, -0.25) is 4.79 Å². The average molecular weight is 338 g/mol. The molecule has 116 valence electrons. The zero-order valence-electron chi connectivity index (χ0n) is 12.5. The molecule has 0 saturated carbocycles. The van der Waals surface area contributed by atoms with Crippen LogP contribution in [0.25, 0.3) is 0 Å². The fourth-order valence-electron chi connectivity index (χ4n) is 2.19. The highest BCUT2D eigenvalue weighted by molar-refractivity contribution is 6.37. The van der Waals surface area contributed by atoms with Gasteiger partial charge >= 0.3 is 0 Å². The number of hydrogen-bond donors (Lipinski definition) is 1. The zero-order valence-corrected chi connectivity index (χ0v) is 14.0. The molecule has 0 saturated heterocycles. The van der Waals surface area contributed by atoms with Crippen molar-refractivity contribution in [2.75, 3.05) is 13.7 Å². The summed E-state index contributed by atoms with van der Waals surface area (Å²) in [5.41, 5.74) is 2.85. The first-order valence-electron chi connectivity index (χ1n) is 6.88. The summed E-state index contributed by atoms with van der Waals surface area (Å²) in [6, 6.07) is 11.2. The summed E-state index contributed by atoms with van der Waals surface area (Å²) in [7, 11) is 1.48. The van der Waals surface area contributed by atoms with Crippen LogP contribution < -0.4 is 10.1 Å². The van der Waals surface area contributed by atoms with Crippen LogP contribution in [0, 0.1) is 6.92 Å². The van der Waals surface area contributed by atoms with Gasteiger partial charge in [-0.15, -0.1) is 0 Å². The van der Waals surface area contributed by atoms with E-state index in [2.05, 4.69) is 24.4 Å². The number of amides is 1. The van der Waals surface area contributed by atoms with Crippen LogP contribution in [0.1, 0.15) is 21.5 Å². The molecule has 0 aliphatic heterocycles. The Kier molecular flexibility index (Phi) is 5.69. The second-order valence-electron chi connectivity index (χ2n) is 4.91. The normalized spacial score (nSPS) is 10.4. The molecule has 0 radical (unpaired) electrons. The minimum absolute atomic E-state index is 0.208. The Morgan fingerprint density at radius 1 is 1.18 bits per heavy atom. The Morgan fingerprint density at radius 3 is 2.41 bits per heavy atom. The molecule has 2 aromatic rings. The van der Waals surface area contributed by atoms with Crippen LogP contribution in [0.3, 0.4) is 0 Å². The van der Waals surface area contributed by atoms with Crippen LogP contribution in [-0.4, -0.2) is 19.6 Å². The second kappa shape index (κ2) is 7.52. The van der Waals surface area contributed by atoms with Crippen molar-refractivity contribution in [1.82, 2.24) is 5.32 Å². The molecule has 0 fully saturated rings. The molecule has 0 atom stereocenters. The first kappa shape index (κ1) is 16.7. The number of rotatable bonds is 5. The predicted octanol–water partition coefficient (Wildman–Crippen LogP) is 4.28. The molecule has 2 aromatic carbocycles. The maximum absolute atomic E-state index is 12.2. The first-order valence-corrected chi connectivity index (χ1v) is 7.64. The molecule has 5 heteroatoms. The fraction of sp³-hybridized carbons (Fsp3) is 0.235. The zero-order chi connectivity index (χ0) is 16.1. The van der Waals surface area contributed by atoms with Crippen molar-refractivity contribution in [3.05, 3.63) is 63.1 Å². The van der Waals surface area contributed by atoms with Crippen LogP contribution in [-0.2, 0) is 6.42 Å². The molecule has 0 spiro atoms. The lowest BCUT2D eigenvalue weighted by Gasteiger charge is -2.10. The number of methoxy groups -OCH3 is 1. The van der Waals surface area contributed by atoms with E-state index in [0.29, 0.717) is 27.9 Å². The third-order valence-corrected chi connectivity index (χ3v) is 3.97. The van der Waals surface area contributed by atoms with Gasteiger partial charge in [0.2, 0.25) is 0 Å². The number of benzene rings is 2. The average Bonchev–Trinajstić information content (AvgIpc) is 2.48. The van der Waals surface area contributed by atoms with Gasteiger partial charge in [0.05, 0.1) is 17.2 Å². The van der Waals surface area contributed by atoms with Crippen LogP contribution in [0.15, 0.2) is 36.4 Å². The monoisotopic (exact) mass is 337 g/mol. The molecule has 22 heavy (non-hydrogen) atoms. The largest absolute Gasteiger partial charge is 0.494 e. The summed E-state index contributed by atoms with van der Waals surface area (Å²) in [5, 5.41) is 3.51. The Labute approximate surface area is 140 Å². The number of carbonyl (C=O) groups excluding carboxylic acids is 1. The maximum Gasteiger partial charge on any atom is 0.251 e. The summed E-state index contributed by atoms with van der Waals surface area (Å²) < 4.78 is 5.07. The van der Waals surface area contributed by atoms with E-state index in [1.165, 1.54) is 18.2 Å². The minimum atomic E-state index is -0.208. The van der Waals surface area contributed by atoms with E-state index in [0.717, 1.165) is 6.42 Å². The number of hydrogen-bond acceptors (Lipinski definition) is 2. The summed E-state index contributed by atoms with van der Waals surface area (Å²) >= 11 is 12.1. The van der Waals surface area contributed by atoms with Crippen LogP contribution in [0.5, 0.6) is 5.75 Å². The molecule has 0 aliphatic carbocycles. The predicted molar refractivity (Wildman–Crippen MR) is 90.2 cm³/mol. The highest BCUT2D eigenvalue weighted by atomic mass is 35.5. The number of aryl methyl sites for hydroxylation is 1. The van der Waals surface area contributed by atoms with Gasteiger partial charge in [-0.2, -0.15) is 0 Å². The molecule has 0 bridgehead atoms. The smallest absolute Gasteiger partial charge is 0.251 e. The summed E-state index contributed by atoms with van der Waals surface area (Å²) in [6.07, 6.45) is 0.774. The minimum Gasteiger partial charge on any atom is -0.494 e. The van der Waals surface area contributed by atoms with Crippen molar-refractivity contribution in [1.29, 1.82) is 0 Å². The van der Waals surface area contributed by atoms with Gasteiger partial charge < -0.3 is 10.1 Å². The van der Waals surface area contributed by atoms with E-state index in [1.54, 1.807) is 12.1 Å². The molecule has 0 aromatic heterocycles. The van der Waals surface area contributed by atoms with Crippen molar-refractivity contribution in [2.45, 2.75) is 13.3 Å². The molecule has 0 aliphatic rings. The van der Waals surface area contributed by atoms with Crippen molar-refractivity contribution in [3.8, 4) is 5.75 Å². The summed E-state index contributed by atoms with van der Waals surface area (Å²) in [5.74, 6) is 0.167. The van der Waals surface area contributed by atoms with E-state index in [9.17, 15) is 4.79 Å². The van der Waals surface area contributed by atoms with Crippen molar-refractivity contribution in [2.24, 2.45) is 0 Å². The third kappa shape index (κ3) is 3.93. The molecule has 3 nitrogen and oxygen atoms in total. The quantitative estimate of drug-likeness (QED) is 0.884. The fourth-order valence-corrected chi connectivity index (χ4v) is 2.83. The summed E-state index contributed by atoms with van der Waals surface area (Å²) in [6.45, 7) is 2.60. The molecule has 0 heterocycles. The van der Waals surface area contributed by atoms with Gasteiger partial charge in [0.1, 0.15) is 0 Å². The van der Waals surface area contributed by atoms with E-state index >= 15 is 0 Å². The third-order valence-electron chi connectivity index (χ3n) is 3.41. The van der Waals surface area contributed by atoms with E-state index < -0.39 is 0 Å². The topological polar surface area (TPSA) is 38.3 Å². The standard InChI is InChI=1S/C17H17Cl2NO2/c1-11-5-3-4-6-12(11)7-8-20-17(21)13-9-14(18)16(22-2)15(19)10-13/h3-6,9-10H,7-8H2,1-2H3,(H,20,21). The maximum atomic E-state index is 12.2. The van der Waals surface area contributed by atoms with E-state index in [4.69, 9.17) is 27.9 Å². The number of ether oxygens (including phenoxy) is 1. The van der Waals surface area contributed by atoms with E-state index in [1.807, 2.05) is 12.1 Å². The Hall–Kier alpha value is -1.71. The van der Waals surface area contributed by atoms with Gasteiger partial charge in [-0.25, -0.2) is 0 Å². The lowest BCUT2D eigenvalue weighted by atomic mass is 10.1. The van der Waals surface area contributed by atoms with Crippen molar-refractivity contribution >= 4 is 29.1 Å². The molecule has 1 amide bonds. The molecular weight excluding hydrogens is 321 g/mol. The van der Waals surface area contributed by atoms with Gasteiger partial charge in [0.15, 0.2) is 5.75 Å². The van der Waals surface area contributed by atoms with Gasteiger partial charge in [-0.05, 0) is 36.6 Å². The van der Waals surface area contributed by atoms with Gasteiger partial charge in [-0.1, -0.05) is 47.5 Å². The number of halogens is 2. The highest BCUT2D eigenvalue weighted by Crippen LogP contribution is 2.33. The second-order valence-corrected chi connectivity index (χ2v) is 5.72. The molecule has 0 unspecified atom stereocenters. The Balaban J connectivity index is 2.00. The van der Waals surface area contributed by atoms with Gasteiger partial charge in [0.25, 0.3) is 5.91 Å². The van der Waals surface area contributed by atoms with Gasteiger partial charge in [0, 0.05) is 12.1 Å². The Bertz CT molecular complexity index is 663. The summed E-state index contributed by atoms with van der Waals surface area (Å²) in [4.78, 5) is 12.2.